The van der Waals surface area contributed by atoms with Crippen molar-refractivity contribution in [1.29, 1.82) is 0 Å². The Kier molecular flexibility index (Phi) is 5.10. The van der Waals surface area contributed by atoms with Crippen molar-refractivity contribution < 1.29 is 14.4 Å². The Morgan fingerprint density at radius 3 is 2.36 bits per heavy atom. The number of likely N-dealkylation sites (tertiary alicyclic amines) is 2. The average molecular weight is 384 g/mol. The molecule has 2 atom stereocenters. The van der Waals surface area contributed by atoms with E-state index in [4.69, 9.17) is 0 Å². The van der Waals surface area contributed by atoms with Gasteiger partial charge < -0.3 is 9.80 Å². The van der Waals surface area contributed by atoms with Crippen LogP contribution in [0.1, 0.15) is 32.1 Å². The number of carbonyl (C=O) groups excluding carboxylic acids is 3. The van der Waals surface area contributed by atoms with Gasteiger partial charge in [-0.05, 0) is 50.1 Å². The number of carbonyl (C=O) groups is 3. The molecular formula is C21H28N4O3. The van der Waals surface area contributed by atoms with Crippen molar-refractivity contribution in [2.75, 3.05) is 43.5 Å². The van der Waals surface area contributed by atoms with E-state index in [1.54, 1.807) is 0 Å². The third-order valence-electron chi connectivity index (χ3n) is 6.17. The zero-order chi connectivity index (χ0) is 19.8. The number of hydrogen-bond donors (Lipinski definition) is 0. The second kappa shape index (κ2) is 7.54. The number of anilines is 2. The molecular weight excluding hydrogens is 356 g/mol. The van der Waals surface area contributed by atoms with Crippen LogP contribution in [-0.2, 0) is 14.4 Å². The monoisotopic (exact) mass is 384 g/mol. The lowest BCUT2D eigenvalue weighted by Gasteiger charge is -2.39. The molecule has 3 heterocycles. The van der Waals surface area contributed by atoms with Crippen molar-refractivity contribution in [1.82, 2.24) is 9.80 Å². The van der Waals surface area contributed by atoms with Crippen LogP contribution in [0.5, 0.6) is 0 Å². The van der Waals surface area contributed by atoms with Gasteiger partial charge in [0.05, 0.1) is 18.2 Å². The molecule has 4 rings (SSSR count). The van der Waals surface area contributed by atoms with E-state index in [2.05, 4.69) is 4.90 Å². The molecule has 0 aliphatic carbocycles. The van der Waals surface area contributed by atoms with Gasteiger partial charge in [0, 0.05) is 45.3 Å². The maximum absolute atomic E-state index is 13.1. The topological polar surface area (TPSA) is 64.2 Å². The summed E-state index contributed by atoms with van der Waals surface area (Å²) >= 11 is 0. The van der Waals surface area contributed by atoms with Gasteiger partial charge in [-0.3, -0.25) is 19.3 Å². The van der Waals surface area contributed by atoms with E-state index in [-0.39, 0.29) is 30.2 Å². The zero-order valence-electron chi connectivity index (χ0n) is 16.6. The number of rotatable bonds is 4. The van der Waals surface area contributed by atoms with Gasteiger partial charge in [-0.25, -0.2) is 4.90 Å². The van der Waals surface area contributed by atoms with Crippen molar-refractivity contribution in [3.05, 3.63) is 24.3 Å². The van der Waals surface area contributed by atoms with E-state index in [9.17, 15) is 14.4 Å². The Hall–Kier alpha value is -2.41. The van der Waals surface area contributed by atoms with Crippen LogP contribution < -0.4 is 9.80 Å². The number of nitrogens with zero attached hydrogens (tertiary/aromatic N) is 4. The van der Waals surface area contributed by atoms with Gasteiger partial charge in [0.25, 0.3) is 5.91 Å². The predicted octanol–water partition coefficient (Wildman–Crippen LogP) is 1.47. The molecule has 0 spiro atoms. The van der Waals surface area contributed by atoms with Crippen LogP contribution >= 0.6 is 0 Å². The Bertz CT molecular complexity index is 776. The van der Waals surface area contributed by atoms with Gasteiger partial charge >= 0.3 is 0 Å². The number of hydrogen-bond acceptors (Lipinski definition) is 5. The highest BCUT2D eigenvalue weighted by Gasteiger charge is 2.44. The summed E-state index contributed by atoms with van der Waals surface area (Å²) in [6.45, 7) is 2.30. The normalized spacial score (nSPS) is 26.4. The summed E-state index contributed by atoms with van der Waals surface area (Å²) in [5, 5.41) is 0. The van der Waals surface area contributed by atoms with Crippen molar-refractivity contribution in [2.24, 2.45) is 0 Å². The minimum atomic E-state index is -0.415. The molecule has 0 bridgehead atoms. The van der Waals surface area contributed by atoms with E-state index in [0.29, 0.717) is 18.7 Å². The molecule has 7 heteroatoms. The minimum absolute atomic E-state index is 0.143. The summed E-state index contributed by atoms with van der Waals surface area (Å²) in [7, 11) is 3.91. The maximum atomic E-state index is 13.1. The summed E-state index contributed by atoms with van der Waals surface area (Å²) in [6, 6.07) is 7.24. The van der Waals surface area contributed by atoms with Crippen LogP contribution in [0.3, 0.4) is 0 Å². The lowest BCUT2D eigenvalue weighted by atomic mass is 10.0. The van der Waals surface area contributed by atoms with E-state index in [0.717, 1.165) is 38.0 Å². The van der Waals surface area contributed by atoms with Gasteiger partial charge in [-0.2, -0.15) is 0 Å². The first-order chi connectivity index (χ1) is 13.5. The molecule has 28 heavy (non-hydrogen) atoms. The standard InChI is InChI=1S/C21H28N4O3/c1-22(2)15-7-9-16(10-8-15)25-20(27)13-18(21(25)28)23-11-3-5-17(14-23)24-12-4-6-19(24)26/h7-10,17-18H,3-6,11-14H2,1-2H3/t17-,18+/m0/s1. The number of piperidine rings is 1. The van der Waals surface area contributed by atoms with E-state index < -0.39 is 6.04 Å². The van der Waals surface area contributed by atoms with Crippen molar-refractivity contribution in [3.8, 4) is 0 Å². The average Bonchev–Trinajstić information content (AvgIpc) is 3.24. The summed E-state index contributed by atoms with van der Waals surface area (Å²) in [5.74, 6) is -0.0636. The zero-order valence-corrected chi connectivity index (χ0v) is 16.6. The molecule has 7 nitrogen and oxygen atoms in total. The van der Waals surface area contributed by atoms with Crippen LogP contribution in [-0.4, -0.2) is 73.3 Å². The predicted molar refractivity (Wildman–Crippen MR) is 107 cm³/mol. The Labute approximate surface area is 165 Å². The minimum Gasteiger partial charge on any atom is -0.378 e. The molecule has 0 radical (unpaired) electrons. The fraction of sp³-hybridized carbons (Fsp3) is 0.571. The van der Waals surface area contributed by atoms with Crippen LogP contribution in [0.25, 0.3) is 0 Å². The fourth-order valence-electron chi connectivity index (χ4n) is 4.65. The summed E-state index contributed by atoms with van der Waals surface area (Å²) in [6.07, 6.45) is 3.70. The van der Waals surface area contributed by atoms with Crippen LogP contribution in [0.4, 0.5) is 11.4 Å². The molecule has 150 valence electrons. The molecule has 3 amide bonds. The number of amides is 3. The van der Waals surface area contributed by atoms with Crippen molar-refractivity contribution in [3.63, 3.8) is 0 Å². The molecule has 1 aromatic carbocycles. The lowest BCUT2D eigenvalue weighted by Crippen LogP contribution is -2.53. The molecule has 3 aliphatic heterocycles. The highest BCUT2D eigenvalue weighted by Crippen LogP contribution is 2.30. The molecule has 3 aliphatic rings. The largest absolute Gasteiger partial charge is 0.378 e. The van der Waals surface area contributed by atoms with Gasteiger partial charge in [0.1, 0.15) is 0 Å². The second-order valence-electron chi connectivity index (χ2n) is 8.18. The summed E-state index contributed by atoms with van der Waals surface area (Å²) < 4.78 is 0. The summed E-state index contributed by atoms with van der Waals surface area (Å²) in [5.41, 5.74) is 1.65. The molecule has 3 saturated heterocycles. The number of imide groups is 1. The van der Waals surface area contributed by atoms with Crippen LogP contribution in [0.15, 0.2) is 24.3 Å². The number of benzene rings is 1. The lowest BCUT2D eigenvalue weighted by molar-refractivity contribution is -0.131. The van der Waals surface area contributed by atoms with Gasteiger partial charge in [0.2, 0.25) is 11.8 Å². The van der Waals surface area contributed by atoms with Gasteiger partial charge in [-0.1, -0.05) is 0 Å². The first kappa shape index (κ1) is 18.9. The Morgan fingerprint density at radius 2 is 1.71 bits per heavy atom. The van der Waals surface area contributed by atoms with E-state index in [1.165, 1.54) is 4.90 Å². The third-order valence-corrected chi connectivity index (χ3v) is 6.17. The fourth-order valence-corrected chi connectivity index (χ4v) is 4.65. The van der Waals surface area contributed by atoms with Crippen molar-refractivity contribution >= 4 is 29.1 Å². The maximum Gasteiger partial charge on any atom is 0.251 e. The molecule has 0 N–H and O–H groups in total. The second-order valence-corrected chi connectivity index (χ2v) is 8.18. The van der Waals surface area contributed by atoms with E-state index in [1.807, 2.05) is 48.2 Å². The molecule has 0 saturated carbocycles. The smallest absolute Gasteiger partial charge is 0.251 e. The van der Waals surface area contributed by atoms with E-state index >= 15 is 0 Å². The SMILES string of the molecule is CN(C)c1ccc(N2C(=O)C[C@@H](N3CCC[C@H](N4CCCC4=O)C3)C2=O)cc1. The Morgan fingerprint density at radius 1 is 0.964 bits per heavy atom. The molecule has 0 unspecified atom stereocenters. The molecule has 3 fully saturated rings. The summed E-state index contributed by atoms with van der Waals surface area (Å²) in [4.78, 5) is 45.3. The van der Waals surface area contributed by atoms with Gasteiger partial charge in [0.15, 0.2) is 0 Å². The van der Waals surface area contributed by atoms with Crippen LogP contribution in [0.2, 0.25) is 0 Å². The highest BCUT2D eigenvalue weighted by atomic mass is 16.2. The molecule has 0 aromatic heterocycles. The van der Waals surface area contributed by atoms with Crippen molar-refractivity contribution in [2.45, 2.75) is 44.2 Å². The first-order valence-electron chi connectivity index (χ1n) is 10.1. The van der Waals surface area contributed by atoms with Gasteiger partial charge in [-0.15, -0.1) is 0 Å². The third kappa shape index (κ3) is 3.39. The quantitative estimate of drug-likeness (QED) is 0.736. The Balaban J connectivity index is 1.48. The highest BCUT2D eigenvalue weighted by molar-refractivity contribution is 6.22. The molecule has 1 aromatic rings. The van der Waals surface area contributed by atoms with Crippen LogP contribution in [0, 0.1) is 0 Å². The first-order valence-corrected chi connectivity index (χ1v) is 10.1.